The molecule has 1 aliphatic heterocycles. The van der Waals surface area contributed by atoms with Crippen LogP contribution < -0.4 is 20.1 Å². The fourth-order valence-electron chi connectivity index (χ4n) is 6.04. The van der Waals surface area contributed by atoms with Gasteiger partial charge in [0.2, 0.25) is 11.8 Å². The number of anilines is 1. The zero-order valence-electron chi connectivity index (χ0n) is 26.0. The number of imidazole rings is 1. The second-order valence-electron chi connectivity index (χ2n) is 12.0. The van der Waals surface area contributed by atoms with E-state index >= 15 is 0 Å². The lowest BCUT2D eigenvalue weighted by molar-refractivity contribution is -0.152. The van der Waals surface area contributed by atoms with Crippen LogP contribution in [0.2, 0.25) is 0 Å². The molecular formula is C31H39N6O8P. The van der Waals surface area contributed by atoms with Crippen molar-refractivity contribution in [3.63, 3.8) is 0 Å². The summed E-state index contributed by atoms with van der Waals surface area (Å²) in [7, 11) is -2.78. The predicted molar refractivity (Wildman–Crippen MR) is 169 cm³/mol. The average molecular weight is 655 g/mol. The van der Waals surface area contributed by atoms with Gasteiger partial charge >= 0.3 is 13.7 Å². The highest BCUT2D eigenvalue weighted by atomic mass is 31.2. The van der Waals surface area contributed by atoms with Crippen molar-refractivity contribution in [3.8, 4) is 11.6 Å². The van der Waals surface area contributed by atoms with Gasteiger partial charge in [-0.25, -0.2) is 9.55 Å². The normalized spacial score (nSPS) is 24.1. The molecule has 46 heavy (non-hydrogen) atoms. The van der Waals surface area contributed by atoms with Gasteiger partial charge in [0.1, 0.15) is 23.5 Å². The summed E-state index contributed by atoms with van der Waals surface area (Å²) in [6.45, 7) is 2.94. The molecule has 1 saturated carbocycles. The van der Waals surface area contributed by atoms with Crippen LogP contribution in [-0.4, -0.2) is 68.2 Å². The highest BCUT2D eigenvalue weighted by Gasteiger charge is 2.47. The van der Waals surface area contributed by atoms with Crippen molar-refractivity contribution in [1.29, 1.82) is 0 Å². The van der Waals surface area contributed by atoms with Crippen molar-refractivity contribution in [2.45, 2.75) is 82.5 Å². The Morgan fingerprint density at radius 3 is 2.74 bits per heavy atom. The first-order valence-corrected chi connectivity index (χ1v) is 16.9. The number of carbonyl (C=O) groups excluding carboxylic acids is 1. The molecular weight excluding hydrogens is 615 g/mol. The van der Waals surface area contributed by atoms with Crippen molar-refractivity contribution < 1.29 is 37.7 Å². The first-order valence-electron chi connectivity index (χ1n) is 15.4. The number of fused-ring (bicyclic) bond motifs is 2. The highest BCUT2D eigenvalue weighted by Crippen LogP contribution is 2.48. The molecule has 1 aliphatic carbocycles. The highest BCUT2D eigenvalue weighted by molar-refractivity contribution is 7.52. The minimum atomic E-state index is -4.22. The number of nitrogens with one attached hydrogen (secondary N) is 1. The molecule has 2 aliphatic rings. The molecule has 4 N–H and O–H groups in total. The second-order valence-corrected chi connectivity index (χ2v) is 13.7. The summed E-state index contributed by atoms with van der Waals surface area (Å²) in [5, 5.41) is 15.8. The number of ether oxygens (including phenoxy) is 3. The van der Waals surface area contributed by atoms with E-state index in [1.54, 1.807) is 30.5 Å². The Balaban J connectivity index is 1.22. The Labute approximate surface area is 266 Å². The number of nitrogens with zero attached hydrogens (tertiary/aromatic N) is 4. The standard InChI is InChI=1S/C31H39N6O8P/c1-19(28(38)43-21-12-5-4-6-13-21)36-46(40,45-24-15-9-11-20-10-7-8-14-23(20)24)42-17-22-16-31(2,39)29(44-22)37-18-33-25-26(37)34-30(32)35-27(25)41-3/h7-11,14-15,18-19,21-22,29,39H,4-6,12-13,16-17H2,1-3H3,(H,36,40)(H2,32,34,35)/t19-,22-,29?,31+,46?/m0/s1. The van der Waals surface area contributed by atoms with Crippen LogP contribution >= 0.6 is 7.75 Å². The summed E-state index contributed by atoms with van der Waals surface area (Å²) in [4.78, 5) is 25.7. The van der Waals surface area contributed by atoms with Gasteiger partial charge in [0.15, 0.2) is 17.4 Å². The average Bonchev–Trinajstić information content (AvgIpc) is 3.59. The van der Waals surface area contributed by atoms with Gasteiger partial charge in [-0.1, -0.05) is 42.8 Å². The largest absolute Gasteiger partial charge is 0.479 e. The van der Waals surface area contributed by atoms with Crippen LogP contribution in [0, 0.1) is 0 Å². The number of nitrogens with two attached hydrogens (primary N) is 1. The van der Waals surface area contributed by atoms with Crippen LogP contribution in [0.4, 0.5) is 5.95 Å². The fraction of sp³-hybridized carbons (Fsp3) is 0.484. The molecule has 246 valence electrons. The third-order valence-electron chi connectivity index (χ3n) is 8.29. The maximum Gasteiger partial charge on any atom is 0.459 e. The summed E-state index contributed by atoms with van der Waals surface area (Å²) < 4.78 is 45.2. The number of nitrogen functional groups attached to an aromatic ring is 1. The summed E-state index contributed by atoms with van der Waals surface area (Å²) in [6.07, 6.45) is 4.45. The Kier molecular flexibility index (Phi) is 9.17. The van der Waals surface area contributed by atoms with Crippen molar-refractivity contribution in [2.75, 3.05) is 19.5 Å². The monoisotopic (exact) mass is 654 g/mol. The van der Waals surface area contributed by atoms with E-state index < -0.39 is 37.7 Å². The van der Waals surface area contributed by atoms with E-state index in [2.05, 4.69) is 20.0 Å². The molecule has 2 fully saturated rings. The summed E-state index contributed by atoms with van der Waals surface area (Å²) in [6, 6.07) is 11.9. The number of methoxy groups -OCH3 is 1. The number of hydrogen-bond acceptors (Lipinski definition) is 12. The summed E-state index contributed by atoms with van der Waals surface area (Å²) in [5.41, 5.74) is 5.14. The summed E-state index contributed by atoms with van der Waals surface area (Å²) in [5.74, 6) is -0.0685. The quantitative estimate of drug-likeness (QED) is 0.150. The molecule has 15 heteroatoms. The lowest BCUT2D eigenvalue weighted by atomic mass is 9.98. The molecule has 14 nitrogen and oxygen atoms in total. The number of benzene rings is 2. The molecule has 1 saturated heterocycles. The van der Waals surface area contributed by atoms with Gasteiger partial charge in [0.05, 0.1) is 26.1 Å². The number of esters is 1. The van der Waals surface area contributed by atoms with Gasteiger partial charge < -0.3 is 29.6 Å². The fourth-order valence-corrected chi connectivity index (χ4v) is 7.58. The number of carbonyl (C=O) groups is 1. The van der Waals surface area contributed by atoms with E-state index in [0.717, 1.165) is 42.9 Å². The molecule has 5 atom stereocenters. The zero-order chi connectivity index (χ0) is 32.5. The zero-order valence-corrected chi connectivity index (χ0v) is 26.9. The maximum atomic E-state index is 14.4. The number of aliphatic hydroxyl groups is 1. The van der Waals surface area contributed by atoms with Gasteiger partial charge in [-0.05, 0) is 51.0 Å². The first kappa shape index (κ1) is 32.1. The minimum absolute atomic E-state index is 0.0302. The summed E-state index contributed by atoms with van der Waals surface area (Å²) >= 11 is 0. The van der Waals surface area contributed by atoms with Crippen molar-refractivity contribution in [3.05, 3.63) is 48.8 Å². The Morgan fingerprint density at radius 1 is 1.20 bits per heavy atom. The molecule has 4 aromatic rings. The smallest absolute Gasteiger partial charge is 0.459 e. The Hall–Kier alpha value is -3.81. The molecule has 2 aromatic heterocycles. The van der Waals surface area contributed by atoms with Gasteiger partial charge in [-0.3, -0.25) is 13.9 Å². The van der Waals surface area contributed by atoms with E-state index in [4.69, 9.17) is 29.0 Å². The van der Waals surface area contributed by atoms with E-state index in [1.807, 2.05) is 30.3 Å². The number of rotatable bonds is 11. The van der Waals surface area contributed by atoms with E-state index in [0.29, 0.717) is 16.9 Å². The van der Waals surface area contributed by atoms with Crippen LogP contribution in [0.25, 0.3) is 21.9 Å². The minimum Gasteiger partial charge on any atom is -0.479 e. The van der Waals surface area contributed by atoms with Gasteiger partial charge in [-0.15, -0.1) is 0 Å². The van der Waals surface area contributed by atoms with Crippen LogP contribution in [0.5, 0.6) is 11.6 Å². The van der Waals surface area contributed by atoms with Crippen molar-refractivity contribution in [2.24, 2.45) is 0 Å². The van der Waals surface area contributed by atoms with E-state index in [-0.39, 0.29) is 31.0 Å². The third-order valence-corrected chi connectivity index (χ3v) is 9.92. The van der Waals surface area contributed by atoms with Crippen LogP contribution in [0.15, 0.2) is 48.8 Å². The van der Waals surface area contributed by atoms with E-state index in [9.17, 15) is 14.5 Å². The maximum absolute atomic E-state index is 14.4. The Bertz CT molecular complexity index is 1750. The molecule has 6 rings (SSSR count). The van der Waals surface area contributed by atoms with Crippen molar-refractivity contribution >= 4 is 41.6 Å². The topological polar surface area (TPSA) is 182 Å². The lowest BCUT2D eigenvalue weighted by Gasteiger charge is -2.27. The van der Waals surface area contributed by atoms with Crippen LogP contribution in [-0.2, 0) is 23.4 Å². The van der Waals surface area contributed by atoms with Gasteiger partial charge in [0.25, 0.3) is 0 Å². The van der Waals surface area contributed by atoms with Crippen LogP contribution in [0.3, 0.4) is 0 Å². The SMILES string of the molecule is COc1nc(N)nc2c1ncn2C1O[C@H](COP(=O)(N[C@@H](C)C(=O)OC2CCCCC2)Oc2cccc3ccccc23)C[C@@]1(C)O. The molecule has 0 spiro atoms. The van der Waals surface area contributed by atoms with Crippen LogP contribution in [0.1, 0.15) is 58.6 Å². The molecule has 0 bridgehead atoms. The predicted octanol–water partition coefficient (Wildman–Crippen LogP) is 4.67. The first-order chi connectivity index (χ1) is 22.0. The second kappa shape index (κ2) is 13.1. The molecule has 0 radical (unpaired) electrons. The molecule has 2 aromatic carbocycles. The lowest BCUT2D eigenvalue weighted by Crippen LogP contribution is -2.38. The number of hydrogen-bond donors (Lipinski definition) is 3. The van der Waals surface area contributed by atoms with Gasteiger partial charge in [0, 0.05) is 11.8 Å². The van der Waals surface area contributed by atoms with Crippen molar-refractivity contribution in [1.82, 2.24) is 24.6 Å². The third kappa shape index (κ3) is 6.81. The Morgan fingerprint density at radius 2 is 1.96 bits per heavy atom. The molecule has 3 heterocycles. The van der Waals surface area contributed by atoms with Gasteiger partial charge in [-0.2, -0.15) is 15.1 Å². The van der Waals surface area contributed by atoms with E-state index in [1.165, 1.54) is 13.4 Å². The molecule has 2 unspecified atom stereocenters. The molecule has 0 amide bonds. The number of aromatic nitrogens is 4.